The Balaban J connectivity index is 0.000000281. The van der Waals surface area contributed by atoms with Crippen LogP contribution in [0.3, 0.4) is 0 Å². The van der Waals surface area contributed by atoms with Crippen LogP contribution in [-0.2, 0) is 4.74 Å². The lowest BCUT2D eigenvalue weighted by Crippen LogP contribution is -2.02. The van der Waals surface area contributed by atoms with Gasteiger partial charge in [-0.1, -0.05) is 107 Å². The number of ether oxygens (including phenoxy) is 2. The van der Waals surface area contributed by atoms with Gasteiger partial charge in [-0.3, -0.25) is 0 Å². The van der Waals surface area contributed by atoms with Crippen LogP contribution in [0.1, 0.15) is 94.2 Å². The van der Waals surface area contributed by atoms with Crippen LogP contribution < -0.4 is 4.74 Å². The normalized spacial score (nSPS) is 11.3. The van der Waals surface area contributed by atoms with Crippen LogP contribution in [0.25, 0.3) is 11.1 Å². The first-order valence-electron chi connectivity index (χ1n) is 13.8. The van der Waals surface area contributed by atoms with Gasteiger partial charge in [0, 0.05) is 6.61 Å². The zero-order valence-corrected chi connectivity index (χ0v) is 22.8. The van der Waals surface area contributed by atoms with E-state index in [4.69, 9.17) is 14.6 Å². The Labute approximate surface area is 223 Å². The van der Waals surface area contributed by atoms with Gasteiger partial charge in [0.05, 0.1) is 18.3 Å². The number of benzene rings is 3. The van der Waals surface area contributed by atoms with Crippen molar-refractivity contribution in [3.8, 4) is 16.9 Å². The average molecular weight is 505 g/mol. The summed E-state index contributed by atoms with van der Waals surface area (Å²) in [6.07, 6.45) is 10.3. The van der Waals surface area contributed by atoms with Crippen molar-refractivity contribution in [3.05, 3.63) is 90.0 Å². The number of carboxylic acids is 1. The molecule has 1 N–H and O–H groups in total. The first-order chi connectivity index (χ1) is 18.0. The van der Waals surface area contributed by atoms with Crippen molar-refractivity contribution in [1.29, 1.82) is 0 Å². The highest BCUT2D eigenvalue weighted by molar-refractivity contribution is 5.87. The van der Waals surface area contributed by atoms with Gasteiger partial charge in [-0.25, -0.2) is 4.79 Å². The highest BCUT2D eigenvalue weighted by Crippen LogP contribution is 2.22. The quantitative estimate of drug-likeness (QED) is 0.209. The van der Waals surface area contributed by atoms with E-state index in [2.05, 4.69) is 62.4 Å². The van der Waals surface area contributed by atoms with Gasteiger partial charge < -0.3 is 14.6 Å². The standard InChI is InChI=1S/C21H28O.C12H16O3/c1-2-3-4-5-6-7-11-18-22-21-16-14-20(15-17-21)19-12-9-8-10-13-19;1-3-8-15-9(2)10-4-6-11(7-5-10)12(13)14/h8-10,12-17H,2-7,11,18H2,1H3;4-7,9H,3,8H2,1-2H3,(H,13,14). The lowest BCUT2D eigenvalue weighted by molar-refractivity contribution is 0.0658. The summed E-state index contributed by atoms with van der Waals surface area (Å²) in [5.41, 5.74) is 3.81. The molecule has 0 saturated heterocycles. The van der Waals surface area contributed by atoms with Crippen molar-refractivity contribution in [1.82, 2.24) is 0 Å². The van der Waals surface area contributed by atoms with E-state index in [9.17, 15) is 4.79 Å². The van der Waals surface area contributed by atoms with Crippen molar-refractivity contribution in [3.63, 3.8) is 0 Å². The van der Waals surface area contributed by atoms with Crippen LogP contribution in [0.15, 0.2) is 78.9 Å². The molecule has 0 fully saturated rings. The second-order valence-corrected chi connectivity index (χ2v) is 9.30. The van der Waals surface area contributed by atoms with E-state index in [0.29, 0.717) is 5.56 Å². The minimum absolute atomic E-state index is 0.0211. The molecule has 0 bridgehead atoms. The maximum Gasteiger partial charge on any atom is 0.335 e. The predicted octanol–water partition coefficient (Wildman–Crippen LogP) is 9.36. The van der Waals surface area contributed by atoms with Crippen molar-refractivity contribution < 1.29 is 19.4 Å². The number of carboxylic acid groups (broad SMARTS) is 1. The maximum absolute atomic E-state index is 10.6. The van der Waals surface area contributed by atoms with Gasteiger partial charge in [0.2, 0.25) is 0 Å². The topological polar surface area (TPSA) is 55.8 Å². The van der Waals surface area contributed by atoms with E-state index in [1.807, 2.05) is 13.0 Å². The SMILES string of the molecule is CCCCCCCCCOc1ccc(-c2ccccc2)cc1.CCCOC(C)c1ccc(C(=O)O)cc1. The number of aromatic carboxylic acids is 1. The maximum atomic E-state index is 10.6. The molecule has 0 aromatic heterocycles. The third-order valence-electron chi connectivity index (χ3n) is 6.18. The van der Waals surface area contributed by atoms with Crippen LogP contribution in [0.5, 0.6) is 5.75 Å². The molecule has 0 heterocycles. The zero-order chi connectivity index (χ0) is 26.7. The Kier molecular flexibility index (Phi) is 14.8. The molecule has 37 heavy (non-hydrogen) atoms. The van der Waals surface area contributed by atoms with Crippen LogP contribution in [-0.4, -0.2) is 24.3 Å². The summed E-state index contributed by atoms with van der Waals surface area (Å²) in [4.78, 5) is 10.6. The van der Waals surface area contributed by atoms with Crippen molar-refractivity contribution in [2.45, 2.75) is 78.2 Å². The molecule has 3 aromatic rings. The minimum Gasteiger partial charge on any atom is -0.494 e. The molecule has 3 aromatic carbocycles. The van der Waals surface area contributed by atoms with Gasteiger partial charge in [0.25, 0.3) is 0 Å². The van der Waals surface area contributed by atoms with Gasteiger partial charge >= 0.3 is 5.97 Å². The van der Waals surface area contributed by atoms with Crippen LogP contribution in [0.2, 0.25) is 0 Å². The third kappa shape index (κ3) is 12.1. The molecule has 3 rings (SSSR count). The number of unbranched alkanes of at least 4 members (excludes halogenated alkanes) is 6. The van der Waals surface area contributed by atoms with Crippen molar-refractivity contribution in [2.75, 3.05) is 13.2 Å². The molecular formula is C33H44O4. The van der Waals surface area contributed by atoms with Crippen LogP contribution in [0.4, 0.5) is 0 Å². The van der Waals surface area contributed by atoms with Gasteiger partial charge in [-0.15, -0.1) is 0 Å². The second kappa shape index (κ2) is 18.2. The van der Waals surface area contributed by atoms with Crippen LogP contribution >= 0.6 is 0 Å². The Hall–Kier alpha value is -3.11. The van der Waals surface area contributed by atoms with Gasteiger partial charge in [0.1, 0.15) is 5.75 Å². The lowest BCUT2D eigenvalue weighted by Gasteiger charge is -2.12. The molecule has 0 amide bonds. The molecule has 0 aliphatic carbocycles. The second-order valence-electron chi connectivity index (χ2n) is 9.30. The fourth-order valence-corrected chi connectivity index (χ4v) is 3.91. The zero-order valence-electron chi connectivity index (χ0n) is 22.8. The number of carbonyl (C=O) groups is 1. The van der Waals surface area contributed by atoms with E-state index in [0.717, 1.165) is 37.4 Å². The summed E-state index contributed by atoms with van der Waals surface area (Å²) >= 11 is 0. The van der Waals surface area contributed by atoms with E-state index in [-0.39, 0.29) is 6.10 Å². The lowest BCUT2D eigenvalue weighted by atomic mass is 10.1. The molecule has 1 atom stereocenters. The van der Waals surface area contributed by atoms with E-state index in [1.54, 1.807) is 24.3 Å². The molecule has 0 saturated carbocycles. The fourth-order valence-electron chi connectivity index (χ4n) is 3.91. The largest absolute Gasteiger partial charge is 0.494 e. The van der Waals surface area contributed by atoms with Gasteiger partial charge in [-0.2, -0.15) is 0 Å². The summed E-state index contributed by atoms with van der Waals surface area (Å²) in [7, 11) is 0. The number of hydrogen-bond acceptors (Lipinski definition) is 3. The fraction of sp³-hybridized carbons (Fsp3) is 0.424. The minimum atomic E-state index is -0.899. The Morgan fingerprint density at radius 2 is 1.30 bits per heavy atom. The Morgan fingerprint density at radius 3 is 1.89 bits per heavy atom. The number of rotatable bonds is 15. The van der Waals surface area contributed by atoms with E-state index >= 15 is 0 Å². The van der Waals surface area contributed by atoms with E-state index < -0.39 is 5.97 Å². The predicted molar refractivity (Wildman–Crippen MR) is 153 cm³/mol. The molecule has 0 aliphatic rings. The first kappa shape index (κ1) is 30.1. The summed E-state index contributed by atoms with van der Waals surface area (Å²) in [5.74, 6) is 0.0781. The highest BCUT2D eigenvalue weighted by Gasteiger charge is 2.07. The third-order valence-corrected chi connectivity index (χ3v) is 6.18. The van der Waals surface area contributed by atoms with Gasteiger partial charge in [0.15, 0.2) is 0 Å². The molecule has 0 spiro atoms. The monoisotopic (exact) mass is 504 g/mol. The van der Waals surface area contributed by atoms with Gasteiger partial charge in [-0.05, 0) is 60.7 Å². The number of hydrogen-bond donors (Lipinski definition) is 1. The molecular weight excluding hydrogens is 460 g/mol. The highest BCUT2D eigenvalue weighted by atomic mass is 16.5. The smallest absolute Gasteiger partial charge is 0.335 e. The molecule has 200 valence electrons. The van der Waals surface area contributed by atoms with E-state index in [1.165, 1.54) is 49.7 Å². The Morgan fingerprint density at radius 1 is 0.703 bits per heavy atom. The Bertz CT molecular complexity index is 981. The van der Waals surface area contributed by atoms with Crippen LogP contribution in [0, 0.1) is 0 Å². The average Bonchev–Trinajstić information content (AvgIpc) is 2.94. The summed E-state index contributed by atoms with van der Waals surface area (Å²) in [5, 5.41) is 8.72. The molecule has 4 heteroatoms. The summed E-state index contributed by atoms with van der Waals surface area (Å²) in [6, 6.07) is 25.7. The molecule has 0 aliphatic heterocycles. The first-order valence-corrected chi connectivity index (χ1v) is 13.8. The molecule has 0 radical (unpaired) electrons. The molecule has 4 nitrogen and oxygen atoms in total. The molecule has 1 unspecified atom stereocenters. The summed E-state index contributed by atoms with van der Waals surface area (Å²) in [6.45, 7) is 7.84. The summed E-state index contributed by atoms with van der Waals surface area (Å²) < 4.78 is 11.4. The van der Waals surface area contributed by atoms with Crippen molar-refractivity contribution >= 4 is 5.97 Å². The van der Waals surface area contributed by atoms with Crippen molar-refractivity contribution in [2.24, 2.45) is 0 Å².